The Balaban J connectivity index is 1.59. The van der Waals surface area contributed by atoms with Crippen LogP contribution in [0.25, 0.3) is 17.5 Å². The van der Waals surface area contributed by atoms with Gasteiger partial charge in [-0.2, -0.15) is 0 Å². The fourth-order valence-electron chi connectivity index (χ4n) is 3.06. The number of hydrogen-bond donors (Lipinski definition) is 4. The molecule has 0 spiro atoms. The van der Waals surface area contributed by atoms with E-state index in [2.05, 4.69) is 31.2 Å². The number of carbonyl (C=O) groups is 2. The van der Waals surface area contributed by atoms with E-state index < -0.39 is 23.4 Å². The number of anilines is 2. The second kappa shape index (κ2) is 13.3. The molecule has 0 fully saturated rings. The van der Waals surface area contributed by atoms with E-state index in [-0.39, 0.29) is 18.0 Å². The van der Waals surface area contributed by atoms with E-state index in [9.17, 15) is 22.8 Å². The van der Waals surface area contributed by atoms with Crippen molar-refractivity contribution in [1.82, 2.24) is 20.6 Å². The summed E-state index contributed by atoms with van der Waals surface area (Å²) >= 11 is 5.97. The molecule has 0 atom stereocenters. The summed E-state index contributed by atoms with van der Waals surface area (Å²) in [6, 6.07) is 10.5. The fourth-order valence-corrected chi connectivity index (χ4v) is 3.18. The maximum absolute atomic E-state index is 13.7. The van der Waals surface area contributed by atoms with Crippen LogP contribution < -0.4 is 21.3 Å². The Labute approximate surface area is 216 Å². The molecule has 0 aliphatic heterocycles. The molecule has 37 heavy (non-hydrogen) atoms. The van der Waals surface area contributed by atoms with Gasteiger partial charge < -0.3 is 21.3 Å². The zero-order valence-electron chi connectivity index (χ0n) is 19.7. The quantitative estimate of drug-likeness (QED) is 0.169. The smallest absolute Gasteiger partial charge is 0.244 e. The molecule has 0 radical (unpaired) electrons. The van der Waals surface area contributed by atoms with Gasteiger partial charge >= 0.3 is 0 Å². The molecule has 2 aromatic carbocycles. The maximum Gasteiger partial charge on any atom is 0.244 e. The van der Waals surface area contributed by atoms with E-state index in [0.717, 1.165) is 29.8 Å². The Morgan fingerprint density at radius 1 is 0.865 bits per heavy atom. The van der Waals surface area contributed by atoms with Crippen molar-refractivity contribution in [2.45, 2.75) is 6.92 Å². The molecular weight excluding hydrogens is 509 g/mol. The zero-order chi connectivity index (χ0) is 26.8. The lowest BCUT2D eigenvalue weighted by Crippen LogP contribution is -2.27. The average Bonchev–Trinajstić information content (AvgIpc) is 2.87. The Bertz CT molecular complexity index is 1290. The molecule has 12 heteroatoms. The number of hydrogen-bond acceptors (Lipinski definition) is 6. The molecule has 1 heterocycles. The summed E-state index contributed by atoms with van der Waals surface area (Å²) in [5.74, 6) is -3.52. The first-order valence-corrected chi connectivity index (χ1v) is 11.6. The van der Waals surface area contributed by atoms with Gasteiger partial charge in [-0.25, -0.2) is 23.1 Å². The lowest BCUT2D eigenvalue weighted by molar-refractivity contribution is -0.119. The second-order valence-corrected chi connectivity index (χ2v) is 8.13. The van der Waals surface area contributed by atoms with Crippen LogP contribution in [0.15, 0.2) is 48.5 Å². The summed E-state index contributed by atoms with van der Waals surface area (Å²) in [5, 5.41) is 12.1. The molecular formula is C25H24ClF3N6O2. The molecule has 0 saturated carbocycles. The summed E-state index contributed by atoms with van der Waals surface area (Å²) in [6.07, 6.45) is 2.08. The fraction of sp³-hybridized carbons (Fsp3) is 0.200. The molecule has 4 N–H and O–H groups in total. The third-order valence-corrected chi connectivity index (χ3v) is 5.10. The number of amides is 2. The molecule has 0 bridgehead atoms. The predicted octanol–water partition coefficient (Wildman–Crippen LogP) is 4.00. The highest BCUT2D eigenvalue weighted by Crippen LogP contribution is 2.22. The Hall–Kier alpha value is -4.12. The van der Waals surface area contributed by atoms with E-state index in [0.29, 0.717) is 42.1 Å². The third kappa shape index (κ3) is 8.50. The van der Waals surface area contributed by atoms with Crippen molar-refractivity contribution in [1.29, 1.82) is 0 Å². The molecule has 1 aromatic heterocycles. The third-order valence-electron chi connectivity index (χ3n) is 4.84. The first-order valence-electron chi connectivity index (χ1n) is 11.2. The lowest BCUT2D eigenvalue weighted by atomic mass is 10.2. The van der Waals surface area contributed by atoms with Gasteiger partial charge in [-0.15, -0.1) is 0 Å². The number of nitrogens with one attached hydrogen (secondary N) is 4. The molecule has 8 nitrogen and oxygen atoms in total. The number of carbonyl (C=O) groups excluding carboxylic acids is 2. The zero-order valence-corrected chi connectivity index (χ0v) is 20.5. The van der Waals surface area contributed by atoms with Crippen LogP contribution in [0.1, 0.15) is 12.5 Å². The standard InChI is InChI=1S/C25H24ClF3N6O2/c1-15(36)30-10-11-31-20-14-21(35-25(34-20)17-2-6-18(26)7-3-17)32-12-13-33-22(37)9-5-16-4-8-19(27)24(29)23(16)28/h2-9,14H,10-13H2,1H3,(H,30,36)(H,33,37)(H2,31,32,34,35)/b9-5+. The van der Waals surface area contributed by atoms with Gasteiger partial charge in [0.05, 0.1) is 0 Å². The largest absolute Gasteiger partial charge is 0.368 e. The van der Waals surface area contributed by atoms with Crippen LogP contribution in [0, 0.1) is 17.5 Å². The number of nitrogens with zero attached hydrogens (tertiary/aromatic N) is 2. The number of aromatic nitrogens is 2. The minimum atomic E-state index is -1.60. The number of benzene rings is 2. The minimum Gasteiger partial charge on any atom is -0.368 e. The van der Waals surface area contributed by atoms with Gasteiger partial charge in [-0.05, 0) is 42.5 Å². The van der Waals surface area contributed by atoms with Gasteiger partial charge in [0.2, 0.25) is 11.8 Å². The van der Waals surface area contributed by atoms with Crippen LogP contribution in [0.3, 0.4) is 0 Å². The van der Waals surface area contributed by atoms with Crippen molar-refractivity contribution in [2.75, 3.05) is 36.8 Å². The van der Waals surface area contributed by atoms with Gasteiger partial charge in [0.1, 0.15) is 11.6 Å². The van der Waals surface area contributed by atoms with Crippen LogP contribution in [0.2, 0.25) is 5.02 Å². The van der Waals surface area contributed by atoms with Crippen molar-refractivity contribution in [3.63, 3.8) is 0 Å². The van der Waals surface area contributed by atoms with Gasteiger partial charge in [-0.3, -0.25) is 9.59 Å². The molecule has 3 rings (SSSR count). The van der Waals surface area contributed by atoms with Gasteiger partial charge in [0.15, 0.2) is 23.3 Å². The summed E-state index contributed by atoms with van der Waals surface area (Å²) < 4.78 is 40.0. The molecule has 0 aliphatic carbocycles. The van der Waals surface area contributed by atoms with Crippen molar-refractivity contribution in [3.05, 3.63) is 76.6 Å². The summed E-state index contributed by atoms with van der Waals surface area (Å²) in [5.41, 5.74) is 0.488. The molecule has 2 amide bonds. The molecule has 3 aromatic rings. The van der Waals surface area contributed by atoms with E-state index in [1.54, 1.807) is 30.3 Å². The number of rotatable bonds is 11. The van der Waals surface area contributed by atoms with E-state index in [1.165, 1.54) is 6.92 Å². The van der Waals surface area contributed by atoms with Gasteiger partial charge in [-0.1, -0.05) is 11.6 Å². The predicted molar refractivity (Wildman–Crippen MR) is 137 cm³/mol. The summed E-state index contributed by atoms with van der Waals surface area (Å²) in [6.45, 7) is 2.76. The normalized spacial score (nSPS) is 10.8. The van der Waals surface area contributed by atoms with Gasteiger partial charge in [0, 0.05) is 61.4 Å². The average molecular weight is 533 g/mol. The van der Waals surface area contributed by atoms with Crippen LogP contribution in [0.5, 0.6) is 0 Å². The Kier molecular flexibility index (Phi) is 9.84. The SMILES string of the molecule is CC(=O)NCCNc1cc(NCCNC(=O)/C=C/c2ccc(F)c(F)c2F)nc(-c2ccc(Cl)cc2)n1. The second-order valence-electron chi connectivity index (χ2n) is 7.69. The van der Waals surface area contributed by atoms with E-state index >= 15 is 0 Å². The summed E-state index contributed by atoms with van der Waals surface area (Å²) in [4.78, 5) is 32.1. The van der Waals surface area contributed by atoms with Crippen LogP contribution in [-0.4, -0.2) is 48.0 Å². The number of halogens is 4. The monoisotopic (exact) mass is 532 g/mol. The van der Waals surface area contributed by atoms with Gasteiger partial charge in [0.25, 0.3) is 0 Å². The highest BCUT2D eigenvalue weighted by Gasteiger charge is 2.12. The van der Waals surface area contributed by atoms with Crippen LogP contribution in [0.4, 0.5) is 24.8 Å². The van der Waals surface area contributed by atoms with Crippen LogP contribution in [-0.2, 0) is 9.59 Å². The van der Waals surface area contributed by atoms with Crippen molar-refractivity contribution >= 4 is 41.1 Å². The Morgan fingerprint density at radius 2 is 1.49 bits per heavy atom. The summed E-state index contributed by atoms with van der Waals surface area (Å²) in [7, 11) is 0. The highest BCUT2D eigenvalue weighted by molar-refractivity contribution is 6.30. The van der Waals surface area contributed by atoms with Crippen molar-refractivity contribution in [3.8, 4) is 11.4 Å². The highest BCUT2D eigenvalue weighted by atomic mass is 35.5. The topological polar surface area (TPSA) is 108 Å². The molecule has 194 valence electrons. The molecule has 0 saturated heterocycles. The van der Waals surface area contributed by atoms with E-state index in [4.69, 9.17) is 11.6 Å². The molecule has 0 unspecified atom stereocenters. The van der Waals surface area contributed by atoms with Crippen molar-refractivity contribution < 1.29 is 22.8 Å². The Morgan fingerprint density at radius 3 is 2.11 bits per heavy atom. The molecule has 0 aliphatic rings. The first kappa shape index (κ1) is 27.5. The first-order chi connectivity index (χ1) is 17.7. The maximum atomic E-state index is 13.7. The lowest BCUT2D eigenvalue weighted by Gasteiger charge is -2.12. The van der Waals surface area contributed by atoms with Crippen molar-refractivity contribution in [2.24, 2.45) is 0 Å². The van der Waals surface area contributed by atoms with E-state index in [1.807, 2.05) is 0 Å². The minimum absolute atomic E-state index is 0.138. The van der Waals surface area contributed by atoms with Crippen LogP contribution >= 0.6 is 11.6 Å².